The van der Waals surface area contributed by atoms with Crippen molar-refractivity contribution < 1.29 is 0 Å². The topological polar surface area (TPSA) is 52.2 Å². The van der Waals surface area contributed by atoms with E-state index >= 15 is 0 Å². The zero-order valence-corrected chi connectivity index (χ0v) is 11.7. The van der Waals surface area contributed by atoms with Gasteiger partial charge >= 0.3 is 0 Å². The molecule has 2 saturated heterocycles. The lowest BCUT2D eigenvalue weighted by molar-refractivity contribution is 0.175. The van der Waals surface area contributed by atoms with Crippen LogP contribution in [0.2, 0.25) is 5.02 Å². The highest BCUT2D eigenvalue weighted by Crippen LogP contribution is 2.26. The molecule has 1 N–H and O–H groups in total. The summed E-state index contributed by atoms with van der Waals surface area (Å²) in [5, 5.41) is 0.210. The van der Waals surface area contributed by atoms with Crippen LogP contribution in [0.5, 0.6) is 0 Å². The number of nitrogens with one attached hydrogen (secondary N) is 1. The highest BCUT2D eigenvalue weighted by molar-refractivity contribution is 6.32. The van der Waals surface area contributed by atoms with E-state index in [2.05, 4.69) is 19.8 Å². The summed E-state index contributed by atoms with van der Waals surface area (Å²) < 4.78 is 0. The first-order chi connectivity index (χ1) is 9.25. The fraction of sp³-hybridized carbons (Fsp3) is 0.692. The van der Waals surface area contributed by atoms with Crippen molar-refractivity contribution in [1.29, 1.82) is 0 Å². The van der Waals surface area contributed by atoms with Crippen LogP contribution < -0.4 is 10.5 Å². The van der Waals surface area contributed by atoms with Gasteiger partial charge in [-0.05, 0) is 32.4 Å². The number of aromatic amines is 1. The number of halogens is 1. The highest BCUT2D eigenvalue weighted by Gasteiger charge is 2.30. The second-order valence-electron chi connectivity index (χ2n) is 5.35. The lowest BCUT2D eigenvalue weighted by Gasteiger charge is -2.32. The number of hydrogen-bond donors (Lipinski definition) is 1. The molecule has 0 aromatic carbocycles. The van der Waals surface area contributed by atoms with Crippen molar-refractivity contribution in [2.45, 2.75) is 31.7 Å². The molecule has 5 nitrogen and oxygen atoms in total. The molecule has 3 rings (SSSR count). The number of aromatic nitrogens is 2. The van der Waals surface area contributed by atoms with Gasteiger partial charge in [0.2, 0.25) is 0 Å². The predicted octanol–water partition coefficient (Wildman–Crippen LogP) is 1.49. The van der Waals surface area contributed by atoms with E-state index in [9.17, 15) is 4.79 Å². The summed E-state index contributed by atoms with van der Waals surface area (Å²) in [4.78, 5) is 22.9. The van der Waals surface area contributed by atoms with E-state index in [1.807, 2.05) is 0 Å². The van der Waals surface area contributed by atoms with Crippen LogP contribution in [0.4, 0.5) is 5.82 Å². The Morgan fingerprint density at radius 2 is 2.05 bits per heavy atom. The Hall–Kier alpha value is -1.07. The molecule has 0 amide bonds. The third kappa shape index (κ3) is 2.62. The Balaban J connectivity index is 1.71. The number of anilines is 1. The fourth-order valence-corrected chi connectivity index (χ4v) is 3.33. The lowest BCUT2D eigenvalue weighted by Crippen LogP contribution is -2.41. The molecule has 0 saturated carbocycles. The Morgan fingerprint density at radius 3 is 2.84 bits per heavy atom. The van der Waals surface area contributed by atoms with E-state index in [0.717, 1.165) is 19.5 Å². The van der Waals surface area contributed by atoms with Crippen molar-refractivity contribution in [3.8, 4) is 0 Å². The van der Waals surface area contributed by atoms with E-state index in [-0.39, 0.29) is 10.6 Å². The molecular weight excluding hydrogens is 264 g/mol. The number of nitrogens with zero attached hydrogens (tertiary/aromatic N) is 3. The standard InChI is InChI=1S/C13H19ClN4O/c14-11-12(15-9-16-13(11)19)18-7-4-10(8-18)17-5-2-1-3-6-17/h9-10H,1-8H2,(H,15,16,19). The van der Waals surface area contributed by atoms with Crippen LogP contribution in [-0.4, -0.2) is 47.1 Å². The lowest BCUT2D eigenvalue weighted by atomic mass is 10.1. The first-order valence-corrected chi connectivity index (χ1v) is 7.35. The van der Waals surface area contributed by atoms with Crippen LogP contribution in [0.25, 0.3) is 0 Å². The Morgan fingerprint density at radius 1 is 1.26 bits per heavy atom. The van der Waals surface area contributed by atoms with E-state index in [0.29, 0.717) is 11.9 Å². The van der Waals surface area contributed by atoms with Gasteiger partial charge in [-0.1, -0.05) is 18.0 Å². The molecule has 1 unspecified atom stereocenters. The molecule has 1 atom stereocenters. The van der Waals surface area contributed by atoms with Gasteiger partial charge in [0.25, 0.3) is 5.56 Å². The molecule has 1 aromatic heterocycles. The molecule has 2 fully saturated rings. The van der Waals surface area contributed by atoms with Crippen LogP contribution in [0.15, 0.2) is 11.1 Å². The zero-order chi connectivity index (χ0) is 13.2. The van der Waals surface area contributed by atoms with Crippen molar-refractivity contribution in [2.24, 2.45) is 0 Å². The third-order valence-electron chi connectivity index (χ3n) is 4.15. The van der Waals surface area contributed by atoms with Crippen molar-refractivity contribution in [1.82, 2.24) is 14.9 Å². The summed E-state index contributed by atoms with van der Waals surface area (Å²) in [6.07, 6.45) is 6.53. The van der Waals surface area contributed by atoms with Gasteiger partial charge in [0.15, 0.2) is 5.82 Å². The summed E-state index contributed by atoms with van der Waals surface area (Å²) in [5.41, 5.74) is -0.256. The SMILES string of the molecule is O=c1[nH]cnc(N2CCC(N3CCCCC3)C2)c1Cl. The number of piperidine rings is 1. The molecule has 19 heavy (non-hydrogen) atoms. The molecule has 3 heterocycles. The number of likely N-dealkylation sites (tertiary alicyclic amines) is 1. The summed E-state index contributed by atoms with van der Waals surface area (Å²) in [6, 6.07) is 0.581. The Labute approximate surface area is 117 Å². The van der Waals surface area contributed by atoms with Gasteiger partial charge in [-0.3, -0.25) is 9.69 Å². The van der Waals surface area contributed by atoms with Crippen LogP contribution >= 0.6 is 11.6 Å². The van der Waals surface area contributed by atoms with E-state index < -0.39 is 0 Å². The van der Waals surface area contributed by atoms with Crippen molar-refractivity contribution in [3.63, 3.8) is 0 Å². The number of hydrogen-bond acceptors (Lipinski definition) is 4. The molecule has 0 radical (unpaired) electrons. The largest absolute Gasteiger partial charge is 0.354 e. The first-order valence-electron chi connectivity index (χ1n) is 6.98. The van der Waals surface area contributed by atoms with Gasteiger partial charge in [-0.15, -0.1) is 0 Å². The van der Waals surface area contributed by atoms with Gasteiger partial charge in [0, 0.05) is 19.1 Å². The Kier molecular flexibility index (Phi) is 3.75. The maximum atomic E-state index is 11.5. The minimum Gasteiger partial charge on any atom is -0.354 e. The summed E-state index contributed by atoms with van der Waals surface area (Å²) in [6.45, 7) is 4.26. The fourth-order valence-electron chi connectivity index (χ4n) is 3.11. The van der Waals surface area contributed by atoms with Crippen molar-refractivity contribution in [2.75, 3.05) is 31.1 Å². The van der Waals surface area contributed by atoms with Crippen LogP contribution in [-0.2, 0) is 0 Å². The maximum Gasteiger partial charge on any atom is 0.271 e. The zero-order valence-electron chi connectivity index (χ0n) is 10.9. The molecule has 2 aliphatic heterocycles. The monoisotopic (exact) mass is 282 g/mol. The quantitative estimate of drug-likeness (QED) is 0.893. The van der Waals surface area contributed by atoms with E-state index in [1.165, 1.54) is 38.7 Å². The maximum absolute atomic E-state index is 11.5. The minimum absolute atomic E-state index is 0.210. The summed E-state index contributed by atoms with van der Waals surface area (Å²) >= 11 is 6.05. The average molecular weight is 283 g/mol. The summed E-state index contributed by atoms with van der Waals surface area (Å²) in [7, 11) is 0. The molecule has 104 valence electrons. The van der Waals surface area contributed by atoms with Gasteiger partial charge in [-0.2, -0.15) is 0 Å². The molecule has 0 spiro atoms. The second kappa shape index (κ2) is 5.51. The van der Waals surface area contributed by atoms with E-state index in [1.54, 1.807) is 0 Å². The molecular formula is C13H19ClN4O. The predicted molar refractivity (Wildman–Crippen MR) is 75.9 cm³/mol. The van der Waals surface area contributed by atoms with Crippen molar-refractivity contribution in [3.05, 3.63) is 21.7 Å². The molecule has 1 aromatic rings. The van der Waals surface area contributed by atoms with Gasteiger partial charge in [-0.25, -0.2) is 4.98 Å². The highest BCUT2D eigenvalue weighted by atomic mass is 35.5. The normalized spacial score (nSPS) is 24.9. The Bertz CT molecular complexity index is 498. The number of rotatable bonds is 2. The molecule has 0 aliphatic carbocycles. The van der Waals surface area contributed by atoms with Crippen LogP contribution in [0, 0.1) is 0 Å². The smallest absolute Gasteiger partial charge is 0.271 e. The van der Waals surface area contributed by atoms with Gasteiger partial charge < -0.3 is 9.88 Å². The first kappa shape index (κ1) is 12.9. The molecule has 0 bridgehead atoms. The molecule has 6 heteroatoms. The van der Waals surface area contributed by atoms with Crippen LogP contribution in [0.3, 0.4) is 0 Å². The number of H-pyrrole nitrogens is 1. The van der Waals surface area contributed by atoms with Crippen LogP contribution in [0.1, 0.15) is 25.7 Å². The minimum atomic E-state index is -0.256. The van der Waals surface area contributed by atoms with E-state index in [4.69, 9.17) is 11.6 Å². The van der Waals surface area contributed by atoms with Gasteiger partial charge in [0.05, 0.1) is 6.33 Å². The second-order valence-corrected chi connectivity index (χ2v) is 5.73. The third-order valence-corrected chi connectivity index (χ3v) is 4.49. The molecule has 2 aliphatic rings. The van der Waals surface area contributed by atoms with Crippen molar-refractivity contribution >= 4 is 17.4 Å². The average Bonchev–Trinajstić information content (AvgIpc) is 2.92. The van der Waals surface area contributed by atoms with Gasteiger partial charge in [0.1, 0.15) is 5.02 Å². The summed E-state index contributed by atoms with van der Waals surface area (Å²) in [5.74, 6) is 0.630.